The van der Waals surface area contributed by atoms with E-state index in [1.807, 2.05) is 10.7 Å². The number of aromatic nitrogens is 2. The van der Waals surface area contributed by atoms with Crippen molar-refractivity contribution in [3.05, 3.63) is 41.8 Å². The van der Waals surface area contributed by atoms with Crippen LogP contribution < -0.4 is 10.1 Å². The zero-order valence-electron chi connectivity index (χ0n) is 13.7. The van der Waals surface area contributed by atoms with Gasteiger partial charge in [0, 0.05) is 10.9 Å². The highest BCUT2D eigenvalue weighted by atomic mass is 32.1. The van der Waals surface area contributed by atoms with E-state index in [0.29, 0.717) is 10.2 Å². The monoisotopic (exact) mass is 375 g/mol. The van der Waals surface area contributed by atoms with Gasteiger partial charge in [-0.25, -0.2) is 19.2 Å². The van der Waals surface area contributed by atoms with Crippen molar-refractivity contribution in [3.63, 3.8) is 0 Å². The Bertz CT molecular complexity index is 943. The number of hydrogen-bond acceptors (Lipinski definition) is 7. The number of amides is 2. The van der Waals surface area contributed by atoms with Gasteiger partial charge in [-0.3, -0.25) is 10.1 Å². The molecular weight excluding hydrogens is 361 g/mol. The van der Waals surface area contributed by atoms with Crippen LogP contribution in [-0.4, -0.2) is 35.2 Å². The number of thiophene rings is 1. The second kappa shape index (κ2) is 7.87. The summed E-state index contributed by atoms with van der Waals surface area (Å²) in [6.07, 6.45) is 0.489. The molecule has 2 aromatic heterocycles. The Morgan fingerprint density at radius 1 is 1.23 bits per heavy atom. The summed E-state index contributed by atoms with van der Waals surface area (Å²) in [4.78, 5) is 31.9. The second-order valence-electron chi connectivity index (χ2n) is 5.07. The van der Waals surface area contributed by atoms with E-state index in [2.05, 4.69) is 14.7 Å². The summed E-state index contributed by atoms with van der Waals surface area (Å²) < 4.78 is 23.3. The van der Waals surface area contributed by atoms with Gasteiger partial charge in [0.25, 0.3) is 5.91 Å². The molecule has 3 aromatic rings. The van der Waals surface area contributed by atoms with E-state index in [-0.39, 0.29) is 18.3 Å². The SMILES string of the molecule is CCOC(=O)NC(=O)COc1ncnc2scc(-c3ccc(F)cc3)c12. The molecule has 0 aliphatic carbocycles. The van der Waals surface area contributed by atoms with E-state index < -0.39 is 18.6 Å². The molecule has 3 rings (SSSR count). The number of alkyl carbamates (subject to hydrolysis) is 1. The first kappa shape index (κ1) is 17.7. The minimum Gasteiger partial charge on any atom is -0.467 e. The molecule has 134 valence electrons. The molecule has 26 heavy (non-hydrogen) atoms. The van der Waals surface area contributed by atoms with Crippen molar-refractivity contribution in [2.45, 2.75) is 6.92 Å². The van der Waals surface area contributed by atoms with E-state index in [4.69, 9.17) is 4.74 Å². The topological polar surface area (TPSA) is 90.4 Å². The quantitative estimate of drug-likeness (QED) is 0.737. The molecule has 0 bridgehead atoms. The number of benzene rings is 1. The predicted molar refractivity (Wildman–Crippen MR) is 93.5 cm³/mol. The van der Waals surface area contributed by atoms with E-state index in [0.717, 1.165) is 11.1 Å². The number of halogens is 1. The van der Waals surface area contributed by atoms with Gasteiger partial charge in [0.05, 0.1) is 12.0 Å². The smallest absolute Gasteiger partial charge is 0.413 e. The van der Waals surface area contributed by atoms with Crippen LogP contribution in [0.5, 0.6) is 5.88 Å². The second-order valence-corrected chi connectivity index (χ2v) is 5.93. The van der Waals surface area contributed by atoms with Gasteiger partial charge in [-0.2, -0.15) is 0 Å². The molecule has 9 heteroatoms. The summed E-state index contributed by atoms with van der Waals surface area (Å²) in [6, 6.07) is 5.99. The Labute approximate surface area is 151 Å². The molecule has 0 atom stereocenters. The number of nitrogens with zero attached hydrogens (tertiary/aromatic N) is 2. The molecule has 0 saturated carbocycles. The van der Waals surface area contributed by atoms with E-state index in [1.54, 1.807) is 19.1 Å². The first-order valence-corrected chi connectivity index (χ1v) is 8.54. The summed E-state index contributed by atoms with van der Waals surface area (Å²) in [5.41, 5.74) is 1.54. The molecule has 2 heterocycles. The molecule has 1 N–H and O–H groups in total. The molecule has 0 radical (unpaired) electrons. The third kappa shape index (κ3) is 3.94. The summed E-state index contributed by atoms with van der Waals surface area (Å²) in [5.74, 6) is -0.792. The Kier molecular flexibility index (Phi) is 5.37. The molecule has 0 fully saturated rings. The number of fused-ring (bicyclic) bond motifs is 1. The molecule has 0 spiro atoms. The van der Waals surface area contributed by atoms with Crippen molar-refractivity contribution < 1.29 is 23.5 Å². The number of rotatable bonds is 5. The third-order valence-corrected chi connectivity index (χ3v) is 4.23. The number of nitrogens with one attached hydrogen (secondary N) is 1. The maximum Gasteiger partial charge on any atom is 0.413 e. The highest BCUT2D eigenvalue weighted by Crippen LogP contribution is 2.37. The van der Waals surface area contributed by atoms with E-state index in [9.17, 15) is 14.0 Å². The molecule has 7 nitrogen and oxygen atoms in total. The average Bonchev–Trinajstić information content (AvgIpc) is 3.05. The van der Waals surface area contributed by atoms with Crippen molar-refractivity contribution in [2.75, 3.05) is 13.2 Å². The zero-order valence-corrected chi connectivity index (χ0v) is 14.5. The lowest BCUT2D eigenvalue weighted by molar-refractivity contribution is -0.122. The van der Waals surface area contributed by atoms with Crippen LogP contribution in [0.4, 0.5) is 9.18 Å². The first-order valence-electron chi connectivity index (χ1n) is 7.66. The van der Waals surface area contributed by atoms with Crippen molar-refractivity contribution >= 4 is 33.6 Å². The van der Waals surface area contributed by atoms with Crippen LogP contribution in [-0.2, 0) is 9.53 Å². The van der Waals surface area contributed by atoms with Crippen LogP contribution >= 0.6 is 11.3 Å². The maximum atomic E-state index is 13.2. The van der Waals surface area contributed by atoms with E-state index in [1.165, 1.54) is 29.8 Å². The number of carbonyl (C=O) groups is 2. The Balaban J connectivity index is 1.83. The van der Waals surface area contributed by atoms with Gasteiger partial charge in [0.1, 0.15) is 17.0 Å². The number of ether oxygens (including phenoxy) is 2. The fourth-order valence-electron chi connectivity index (χ4n) is 2.25. The van der Waals surface area contributed by atoms with Gasteiger partial charge in [0.15, 0.2) is 6.61 Å². The van der Waals surface area contributed by atoms with Crippen LogP contribution in [0.2, 0.25) is 0 Å². The maximum absolute atomic E-state index is 13.2. The minimum atomic E-state index is -0.837. The van der Waals surface area contributed by atoms with Crippen LogP contribution in [0.3, 0.4) is 0 Å². The van der Waals surface area contributed by atoms with Crippen molar-refractivity contribution in [3.8, 4) is 17.0 Å². The summed E-state index contributed by atoms with van der Waals surface area (Å²) in [6.45, 7) is 1.37. The molecule has 2 amide bonds. The minimum absolute atomic E-state index is 0.155. The summed E-state index contributed by atoms with van der Waals surface area (Å²) >= 11 is 1.38. The number of hydrogen-bond donors (Lipinski definition) is 1. The fraction of sp³-hybridized carbons (Fsp3) is 0.176. The van der Waals surface area contributed by atoms with Crippen LogP contribution in [0, 0.1) is 5.82 Å². The summed E-state index contributed by atoms with van der Waals surface area (Å²) in [5, 5.41) is 4.52. The Hall–Kier alpha value is -3.07. The van der Waals surface area contributed by atoms with Crippen LogP contribution in [0.1, 0.15) is 6.92 Å². The largest absolute Gasteiger partial charge is 0.467 e. The molecule has 0 saturated heterocycles. The Morgan fingerprint density at radius 3 is 2.73 bits per heavy atom. The normalized spacial score (nSPS) is 10.5. The van der Waals surface area contributed by atoms with E-state index >= 15 is 0 Å². The van der Waals surface area contributed by atoms with Gasteiger partial charge in [0.2, 0.25) is 5.88 Å². The third-order valence-electron chi connectivity index (χ3n) is 3.35. The van der Waals surface area contributed by atoms with Crippen LogP contribution in [0.25, 0.3) is 21.3 Å². The molecular formula is C17H14FN3O4S. The molecule has 1 aromatic carbocycles. The average molecular weight is 375 g/mol. The van der Waals surface area contributed by atoms with Crippen molar-refractivity contribution in [1.29, 1.82) is 0 Å². The van der Waals surface area contributed by atoms with Gasteiger partial charge < -0.3 is 9.47 Å². The van der Waals surface area contributed by atoms with Gasteiger partial charge in [-0.15, -0.1) is 11.3 Å². The lowest BCUT2D eigenvalue weighted by Gasteiger charge is -2.08. The Morgan fingerprint density at radius 2 is 2.00 bits per heavy atom. The molecule has 0 aliphatic rings. The van der Waals surface area contributed by atoms with Crippen LogP contribution in [0.15, 0.2) is 36.0 Å². The fourth-order valence-corrected chi connectivity index (χ4v) is 3.16. The highest BCUT2D eigenvalue weighted by molar-refractivity contribution is 7.17. The lowest BCUT2D eigenvalue weighted by Crippen LogP contribution is -2.34. The first-order chi connectivity index (χ1) is 12.6. The highest BCUT2D eigenvalue weighted by Gasteiger charge is 2.16. The molecule has 0 unspecified atom stereocenters. The van der Waals surface area contributed by atoms with Gasteiger partial charge >= 0.3 is 6.09 Å². The summed E-state index contributed by atoms with van der Waals surface area (Å²) in [7, 11) is 0. The number of imide groups is 1. The zero-order chi connectivity index (χ0) is 18.5. The van der Waals surface area contributed by atoms with Gasteiger partial charge in [-0.1, -0.05) is 12.1 Å². The predicted octanol–water partition coefficient (Wildman–Crippen LogP) is 3.15. The number of carbonyl (C=O) groups excluding carboxylic acids is 2. The lowest BCUT2D eigenvalue weighted by atomic mass is 10.1. The molecule has 0 aliphatic heterocycles. The van der Waals surface area contributed by atoms with Gasteiger partial charge in [-0.05, 0) is 24.6 Å². The van der Waals surface area contributed by atoms with Crippen molar-refractivity contribution in [1.82, 2.24) is 15.3 Å². The van der Waals surface area contributed by atoms with Crippen molar-refractivity contribution in [2.24, 2.45) is 0 Å². The standard InChI is InChI=1S/C17H14FN3O4S/c1-2-24-17(23)21-13(22)7-25-15-14-12(8-26-16(14)20-9-19-15)10-3-5-11(18)6-4-10/h3-6,8-9H,2,7H2,1H3,(H,21,22,23).